The molecule has 0 aliphatic carbocycles. The SMILES string of the molecule is Oc1ccc(-c2sc3ccccc3c2Cc2ccc(CN3CCCC3)cc2)cc1. The first-order chi connectivity index (χ1) is 14.3. The zero-order valence-electron chi connectivity index (χ0n) is 16.5. The molecule has 2 heterocycles. The summed E-state index contributed by atoms with van der Waals surface area (Å²) in [5.41, 5.74) is 5.30. The van der Waals surface area contributed by atoms with Gasteiger partial charge in [-0.25, -0.2) is 0 Å². The summed E-state index contributed by atoms with van der Waals surface area (Å²) in [5, 5.41) is 11.0. The van der Waals surface area contributed by atoms with Gasteiger partial charge < -0.3 is 5.11 Å². The Morgan fingerprint density at radius 3 is 2.24 bits per heavy atom. The maximum Gasteiger partial charge on any atom is 0.115 e. The number of rotatable bonds is 5. The second-order valence-corrected chi connectivity index (χ2v) is 8.98. The first-order valence-corrected chi connectivity index (χ1v) is 11.2. The van der Waals surface area contributed by atoms with Crippen molar-refractivity contribution in [2.24, 2.45) is 0 Å². The second-order valence-electron chi connectivity index (χ2n) is 7.93. The highest BCUT2D eigenvalue weighted by atomic mass is 32.1. The molecule has 0 atom stereocenters. The van der Waals surface area contributed by atoms with Crippen LogP contribution in [0.4, 0.5) is 0 Å². The Morgan fingerprint density at radius 2 is 1.48 bits per heavy atom. The van der Waals surface area contributed by atoms with Gasteiger partial charge in [-0.15, -0.1) is 11.3 Å². The quantitative estimate of drug-likeness (QED) is 0.416. The van der Waals surface area contributed by atoms with Gasteiger partial charge in [0.05, 0.1) is 0 Å². The van der Waals surface area contributed by atoms with E-state index >= 15 is 0 Å². The van der Waals surface area contributed by atoms with Crippen LogP contribution in [0.15, 0.2) is 72.8 Å². The van der Waals surface area contributed by atoms with Gasteiger partial charge in [0.2, 0.25) is 0 Å². The number of hydrogen-bond acceptors (Lipinski definition) is 3. The fourth-order valence-electron chi connectivity index (χ4n) is 4.29. The number of hydrogen-bond donors (Lipinski definition) is 1. The van der Waals surface area contributed by atoms with E-state index in [9.17, 15) is 5.11 Å². The van der Waals surface area contributed by atoms with E-state index in [2.05, 4.69) is 53.4 Å². The van der Waals surface area contributed by atoms with Crippen molar-refractivity contribution in [2.75, 3.05) is 13.1 Å². The summed E-state index contributed by atoms with van der Waals surface area (Å²) in [6.07, 6.45) is 3.59. The van der Waals surface area contributed by atoms with Crippen LogP contribution in [0.25, 0.3) is 20.5 Å². The van der Waals surface area contributed by atoms with Crippen LogP contribution >= 0.6 is 11.3 Å². The van der Waals surface area contributed by atoms with Gasteiger partial charge in [0, 0.05) is 16.1 Å². The van der Waals surface area contributed by atoms with E-state index in [0.717, 1.165) is 13.0 Å². The molecule has 1 aliphatic rings. The van der Waals surface area contributed by atoms with Gasteiger partial charge >= 0.3 is 0 Å². The molecular weight excluding hydrogens is 374 g/mol. The molecule has 1 aliphatic heterocycles. The maximum atomic E-state index is 9.68. The van der Waals surface area contributed by atoms with Gasteiger partial charge in [0.25, 0.3) is 0 Å². The summed E-state index contributed by atoms with van der Waals surface area (Å²) in [4.78, 5) is 3.84. The Labute approximate surface area is 176 Å². The molecular formula is C26H25NOS. The fourth-order valence-corrected chi connectivity index (χ4v) is 5.51. The smallest absolute Gasteiger partial charge is 0.115 e. The van der Waals surface area contributed by atoms with Crippen molar-refractivity contribution >= 4 is 21.4 Å². The zero-order valence-corrected chi connectivity index (χ0v) is 17.3. The Bertz CT molecular complexity index is 1110. The predicted molar refractivity (Wildman–Crippen MR) is 123 cm³/mol. The Hall–Kier alpha value is -2.62. The van der Waals surface area contributed by atoms with E-state index in [4.69, 9.17) is 0 Å². The number of phenols is 1. The van der Waals surface area contributed by atoms with Crippen LogP contribution in [0, 0.1) is 0 Å². The third-order valence-electron chi connectivity index (χ3n) is 5.84. The van der Waals surface area contributed by atoms with Gasteiger partial charge in [-0.2, -0.15) is 0 Å². The van der Waals surface area contributed by atoms with Gasteiger partial charge in [-0.05, 0) is 90.3 Å². The normalized spacial score (nSPS) is 14.6. The highest BCUT2D eigenvalue weighted by molar-refractivity contribution is 7.22. The molecule has 4 aromatic rings. The van der Waals surface area contributed by atoms with Crippen molar-refractivity contribution in [2.45, 2.75) is 25.8 Å². The standard InChI is InChI=1S/C26H25NOS/c28-22-13-11-21(12-14-22)26-24(23-5-1-2-6-25(23)29-26)17-19-7-9-20(10-8-19)18-27-15-3-4-16-27/h1-2,5-14,28H,3-4,15-18H2. The van der Waals surface area contributed by atoms with Crippen molar-refractivity contribution in [3.05, 3.63) is 89.5 Å². The monoisotopic (exact) mass is 399 g/mol. The van der Waals surface area contributed by atoms with Crippen molar-refractivity contribution in [1.29, 1.82) is 0 Å². The molecule has 3 aromatic carbocycles. The van der Waals surface area contributed by atoms with Crippen LogP contribution < -0.4 is 0 Å². The first kappa shape index (κ1) is 18.4. The van der Waals surface area contributed by atoms with Crippen molar-refractivity contribution < 1.29 is 5.11 Å². The molecule has 146 valence electrons. The van der Waals surface area contributed by atoms with E-state index in [1.807, 2.05) is 23.5 Å². The largest absolute Gasteiger partial charge is 0.508 e. The summed E-state index contributed by atoms with van der Waals surface area (Å²) in [6, 6.07) is 25.4. The molecule has 5 rings (SSSR count). The van der Waals surface area contributed by atoms with Crippen LogP contribution in [-0.4, -0.2) is 23.1 Å². The van der Waals surface area contributed by atoms with E-state index in [0.29, 0.717) is 5.75 Å². The van der Waals surface area contributed by atoms with Gasteiger partial charge in [-0.1, -0.05) is 42.5 Å². The summed E-state index contributed by atoms with van der Waals surface area (Å²) in [5.74, 6) is 0.310. The number of nitrogens with zero attached hydrogens (tertiary/aromatic N) is 1. The highest BCUT2D eigenvalue weighted by Crippen LogP contribution is 2.40. The number of phenolic OH excluding ortho intramolecular Hbond substituents is 1. The summed E-state index contributed by atoms with van der Waals surface area (Å²) in [6.45, 7) is 3.54. The Kier molecular flexibility index (Phi) is 5.09. The number of thiophene rings is 1. The average molecular weight is 400 g/mol. The van der Waals surface area contributed by atoms with Gasteiger partial charge in [0.1, 0.15) is 5.75 Å². The first-order valence-electron chi connectivity index (χ1n) is 10.4. The summed E-state index contributed by atoms with van der Waals surface area (Å²) >= 11 is 1.84. The van der Waals surface area contributed by atoms with E-state index in [1.54, 1.807) is 12.1 Å². The molecule has 0 spiro atoms. The van der Waals surface area contributed by atoms with Gasteiger partial charge in [0.15, 0.2) is 0 Å². The minimum Gasteiger partial charge on any atom is -0.508 e. The molecule has 1 N–H and O–H groups in total. The van der Waals surface area contributed by atoms with Crippen molar-refractivity contribution in [1.82, 2.24) is 4.90 Å². The molecule has 1 fully saturated rings. The lowest BCUT2D eigenvalue weighted by atomic mass is 9.98. The molecule has 1 saturated heterocycles. The van der Waals surface area contributed by atoms with E-state index in [-0.39, 0.29) is 0 Å². The second kappa shape index (κ2) is 8.02. The minimum atomic E-state index is 0.310. The maximum absolute atomic E-state index is 9.68. The molecule has 0 saturated carbocycles. The molecule has 1 aromatic heterocycles. The predicted octanol–water partition coefficient (Wildman–Crippen LogP) is 6.46. The topological polar surface area (TPSA) is 23.5 Å². The van der Waals surface area contributed by atoms with Crippen LogP contribution in [0.2, 0.25) is 0 Å². The summed E-state index contributed by atoms with van der Waals surface area (Å²) in [7, 11) is 0. The molecule has 0 amide bonds. The lowest BCUT2D eigenvalue weighted by Crippen LogP contribution is -2.18. The van der Waals surface area contributed by atoms with Crippen LogP contribution in [0.1, 0.15) is 29.5 Å². The average Bonchev–Trinajstić information content (AvgIpc) is 3.38. The molecule has 0 bridgehead atoms. The lowest BCUT2D eigenvalue weighted by molar-refractivity contribution is 0.331. The molecule has 2 nitrogen and oxygen atoms in total. The molecule has 0 unspecified atom stereocenters. The minimum absolute atomic E-state index is 0.310. The lowest BCUT2D eigenvalue weighted by Gasteiger charge is -2.14. The third-order valence-corrected chi connectivity index (χ3v) is 7.10. The number of benzene rings is 3. The highest BCUT2D eigenvalue weighted by Gasteiger charge is 2.15. The third kappa shape index (κ3) is 3.93. The van der Waals surface area contributed by atoms with Crippen LogP contribution in [0.3, 0.4) is 0 Å². The van der Waals surface area contributed by atoms with E-state index in [1.165, 1.54) is 63.1 Å². The van der Waals surface area contributed by atoms with Crippen molar-refractivity contribution in [3.8, 4) is 16.2 Å². The number of fused-ring (bicyclic) bond motifs is 1. The zero-order chi connectivity index (χ0) is 19.6. The number of aromatic hydroxyl groups is 1. The molecule has 0 radical (unpaired) electrons. The van der Waals surface area contributed by atoms with E-state index < -0.39 is 0 Å². The van der Waals surface area contributed by atoms with Crippen LogP contribution in [0.5, 0.6) is 5.75 Å². The summed E-state index contributed by atoms with van der Waals surface area (Å²) < 4.78 is 1.32. The number of likely N-dealkylation sites (tertiary alicyclic amines) is 1. The Balaban J connectivity index is 1.46. The van der Waals surface area contributed by atoms with Crippen molar-refractivity contribution in [3.63, 3.8) is 0 Å². The Morgan fingerprint density at radius 1 is 0.793 bits per heavy atom. The molecule has 3 heteroatoms. The molecule has 29 heavy (non-hydrogen) atoms. The van der Waals surface area contributed by atoms with Crippen LogP contribution in [-0.2, 0) is 13.0 Å². The van der Waals surface area contributed by atoms with Gasteiger partial charge in [-0.3, -0.25) is 4.90 Å². The fraction of sp³-hybridized carbons (Fsp3) is 0.231.